The SMILES string of the molecule is CC(=O)O.NCC1CC[C@H]2C[C@@H]12. The van der Waals surface area contributed by atoms with E-state index in [2.05, 4.69) is 0 Å². The number of rotatable bonds is 1. The van der Waals surface area contributed by atoms with Gasteiger partial charge in [-0.3, -0.25) is 4.79 Å². The molecule has 0 aliphatic heterocycles. The lowest BCUT2D eigenvalue weighted by molar-refractivity contribution is -0.134. The molecule has 3 heteroatoms. The molecule has 2 aliphatic carbocycles. The van der Waals surface area contributed by atoms with E-state index in [4.69, 9.17) is 15.6 Å². The first-order valence-electron chi connectivity index (χ1n) is 4.54. The van der Waals surface area contributed by atoms with Crippen LogP contribution in [0.3, 0.4) is 0 Å². The first kappa shape index (κ1) is 9.52. The first-order chi connectivity index (χ1) is 5.65. The maximum absolute atomic E-state index is 9.00. The Labute approximate surface area is 72.9 Å². The van der Waals surface area contributed by atoms with Gasteiger partial charge in [-0.25, -0.2) is 0 Å². The lowest BCUT2D eigenvalue weighted by Gasteiger charge is -2.04. The lowest BCUT2D eigenvalue weighted by Crippen LogP contribution is -2.13. The van der Waals surface area contributed by atoms with Gasteiger partial charge in [-0.1, -0.05) is 0 Å². The molecule has 70 valence electrons. The zero-order valence-corrected chi connectivity index (χ0v) is 7.49. The Hall–Kier alpha value is -0.570. The van der Waals surface area contributed by atoms with Crippen molar-refractivity contribution >= 4 is 5.97 Å². The van der Waals surface area contributed by atoms with Crippen molar-refractivity contribution in [1.29, 1.82) is 0 Å². The maximum Gasteiger partial charge on any atom is 0.300 e. The summed E-state index contributed by atoms with van der Waals surface area (Å²) in [4.78, 5) is 9.00. The number of carbonyl (C=O) groups is 1. The molecule has 1 unspecified atom stereocenters. The summed E-state index contributed by atoms with van der Waals surface area (Å²) in [5.74, 6) is 2.27. The average molecular weight is 171 g/mol. The van der Waals surface area contributed by atoms with Crippen LogP contribution >= 0.6 is 0 Å². The molecule has 0 aromatic rings. The van der Waals surface area contributed by atoms with Crippen molar-refractivity contribution < 1.29 is 9.90 Å². The van der Waals surface area contributed by atoms with Crippen molar-refractivity contribution in [2.24, 2.45) is 23.5 Å². The van der Waals surface area contributed by atoms with E-state index in [0.717, 1.165) is 31.2 Å². The lowest BCUT2D eigenvalue weighted by atomic mass is 10.0. The predicted molar refractivity (Wildman–Crippen MR) is 46.7 cm³/mol. The number of carboxylic acid groups (broad SMARTS) is 1. The van der Waals surface area contributed by atoms with Crippen LogP contribution < -0.4 is 5.73 Å². The van der Waals surface area contributed by atoms with Crippen LogP contribution in [0.4, 0.5) is 0 Å². The van der Waals surface area contributed by atoms with Gasteiger partial charge in [0.1, 0.15) is 0 Å². The Morgan fingerprint density at radius 1 is 1.58 bits per heavy atom. The van der Waals surface area contributed by atoms with E-state index in [-0.39, 0.29) is 0 Å². The van der Waals surface area contributed by atoms with Crippen LogP contribution in [0.5, 0.6) is 0 Å². The normalized spacial score (nSPS) is 36.3. The molecule has 2 aliphatic rings. The summed E-state index contributed by atoms with van der Waals surface area (Å²) in [5, 5.41) is 7.42. The van der Waals surface area contributed by atoms with Gasteiger partial charge in [-0.05, 0) is 43.6 Å². The van der Waals surface area contributed by atoms with Crippen LogP contribution in [0.25, 0.3) is 0 Å². The Morgan fingerprint density at radius 2 is 2.17 bits per heavy atom. The molecule has 0 saturated heterocycles. The van der Waals surface area contributed by atoms with Gasteiger partial charge >= 0.3 is 0 Å². The summed E-state index contributed by atoms with van der Waals surface area (Å²) in [6, 6.07) is 0. The molecule has 2 saturated carbocycles. The highest BCUT2D eigenvalue weighted by molar-refractivity contribution is 5.62. The van der Waals surface area contributed by atoms with Crippen molar-refractivity contribution in [3.8, 4) is 0 Å². The number of hydrogen-bond acceptors (Lipinski definition) is 2. The van der Waals surface area contributed by atoms with Gasteiger partial charge in [0, 0.05) is 6.92 Å². The quantitative estimate of drug-likeness (QED) is 0.620. The van der Waals surface area contributed by atoms with Crippen molar-refractivity contribution in [2.75, 3.05) is 6.54 Å². The Kier molecular flexibility index (Phi) is 3.09. The van der Waals surface area contributed by atoms with Gasteiger partial charge in [-0.2, -0.15) is 0 Å². The van der Waals surface area contributed by atoms with Crippen LogP contribution in [0.2, 0.25) is 0 Å². The Morgan fingerprint density at radius 3 is 2.33 bits per heavy atom. The number of fused-ring (bicyclic) bond motifs is 1. The third kappa shape index (κ3) is 2.48. The number of hydrogen-bond donors (Lipinski definition) is 2. The van der Waals surface area contributed by atoms with E-state index >= 15 is 0 Å². The zero-order valence-electron chi connectivity index (χ0n) is 7.49. The summed E-state index contributed by atoms with van der Waals surface area (Å²) in [5.41, 5.74) is 5.55. The van der Waals surface area contributed by atoms with E-state index in [1.165, 1.54) is 19.3 Å². The second-order valence-corrected chi connectivity index (χ2v) is 3.75. The Balaban J connectivity index is 0.000000157. The van der Waals surface area contributed by atoms with Gasteiger partial charge in [-0.15, -0.1) is 0 Å². The fraction of sp³-hybridized carbons (Fsp3) is 0.889. The average Bonchev–Trinajstić information content (AvgIpc) is 2.63. The van der Waals surface area contributed by atoms with E-state index < -0.39 is 5.97 Å². The van der Waals surface area contributed by atoms with E-state index in [1.54, 1.807) is 0 Å². The van der Waals surface area contributed by atoms with Gasteiger partial charge in [0.25, 0.3) is 5.97 Å². The fourth-order valence-corrected chi connectivity index (χ4v) is 2.12. The molecular formula is C9H17NO2. The molecule has 2 fully saturated rings. The molecule has 3 N–H and O–H groups in total. The molecule has 0 radical (unpaired) electrons. The van der Waals surface area contributed by atoms with Crippen LogP contribution in [0, 0.1) is 17.8 Å². The summed E-state index contributed by atoms with van der Waals surface area (Å²) >= 11 is 0. The first-order valence-corrected chi connectivity index (χ1v) is 4.54. The molecule has 12 heavy (non-hydrogen) atoms. The molecule has 3 nitrogen and oxygen atoms in total. The summed E-state index contributed by atoms with van der Waals surface area (Å²) in [6.45, 7) is 2.03. The van der Waals surface area contributed by atoms with Crippen LogP contribution in [-0.2, 0) is 4.79 Å². The van der Waals surface area contributed by atoms with Crippen LogP contribution in [0.15, 0.2) is 0 Å². The molecular weight excluding hydrogens is 154 g/mol. The third-order valence-corrected chi connectivity index (χ3v) is 2.79. The highest BCUT2D eigenvalue weighted by atomic mass is 16.4. The number of carboxylic acids is 1. The van der Waals surface area contributed by atoms with Gasteiger partial charge in [0.2, 0.25) is 0 Å². The van der Waals surface area contributed by atoms with Crippen molar-refractivity contribution in [1.82, 2.24) is 0 Å². The van der Waals surface area contributed by atoms with E-state index in [0.29, 0.717) is 0 Å². The van der Waals surface area contributed by atoms with Crippen LogP contribution in [-0.4, -0.2) is 17.6 Å². The number of nitrogens with two attached hydrogens (primary N) is 1. The second kappa shape index (κ2) is 3.90. The van der Waals surface area contributed by atoms with Gasteiger partial charge < -0.3 is 10.8 Å². The molecule has 2 rings (SSSR count). The third-order valence-electron chi connectivity index (χ3n) is 2.79. The second-order valence-electron chi connectivity index (χ2n) is 3.75. The molecule has 3 atom stereocenters. The van der Waals surface area contributed by atoms with E-state index in [1.807, 2.05) is 0 Å². The predicted octanol–water partition coefficient (Wildman–Crippen LogP) is 1.08. The highest BCUT2D eigenvalue weighted by Crippen LogP contribution is 2.54. The molecule has 0 heterocycles. The largest absolute Gasteiger partial charge is 0.481 e. The highest BCUT2D eigenvalue weighted by Gasteiger charge is 2.46. The van der Waals surface area contributed by atoms with Crippen molar-refractivity contribution in [2.45, 2.75) is 26.2 Å². The summed E-state index contributed by atoms with van der Waals surface area (Å²) in [7, 11) is 0. The molecule has 0 amide bonds. The van der Waals surface area contributed by atoms with E-state index in [9.17, 15) is 0 Å². The van der Waals surface area contributed by atoms with Crippen molar-refractivity contribution in [3.63, 3.8) is 0 Å². The molecule has 0 spiro atoms. The van der Waals surface area contributed by atoms with Gasteiger partial charge in [0.15, 0.2) is 0 Å². The molecule has 0 bridgehead atoms. The van der Waals surface area contributed by atoms with Crippen LogP contribution in [0.1, 0.15) is 26.2 Å². The topological polar surface area (TPSA) is 63.3 Å². The fourth-order valence-electron chi connectivity index (χ4n) is 2.12. The minimum Gasteiger partial charge on any atom is -0.481 e. The molecule has 0 aromatic heterocycles. The summed E-state index contributed by atoms with van der Waals surface area (Å²) in [6.07, 6.45) is 4.40. The Bertz CT molecular complexity index is 166. The maximum atomic E-state index is 9.00. The number of aliphatic carboxylic acids is 1. The minimum absolute atomic E-state index is 0.833. The standard InChI is InChI=1S/C7H13N.C2H4O2/c8-4-6-2-1-5-3-7(5)6;1-2(3)4/h5-7H,1-4,8H2;1H3,(H,3,4)/t5-,6?,7+;/m0./s1. The molecule has 0 aromatic carbocycles. The van der Waals surface area contributed by atoms with Gasteiger partial charge in [0.05, 0.1) is 0 Å². The minimum atomic E-state index is -0.833. The zero-order chi connectivity index (χ0) is 9.14. The van der Waals surface area contributed by atoms with Crippen molar-refractivity contribution in [3.05, 3.63) is 0 Å². The smallest absolute Gasteiger partial charge is 0.300 e. The summed E-state index contributed by atoms with van der Waals surface area (Å²) < 4.78 is 0. The monoisotopic (exact) mass is 171 g/mol.